The lowest BCUT2D eigenvalue weighted by molar-refractivity contribution is -0.139. The summed E-state index contributed by atoms with van der Waals surface area (Å²) in [6.45, 7) is 5.92. The molecule has 2 nitrogen and oxygen atoms in total. The highest BCUT2D eigenvalue weighted by molar-refractivity contribution is 5.84. The Morgan fingerprint density at radius 3 is 2.15 bits per heavy atom. The lowest BCUT2D eigenvalue weighted by Gasteiger charge is -2.35. The van der Waals surface area contributed by atoms with Crippen molar-refractivity contribution in [1.29, 1.82) is 0 Å². The van der Waals surface area contributed by atoms with Gasteiger partial charge in [0, 0.05) is 0 Å². The zero-order valence-electron chi connectivity index (χ0n) is 8.84. The molecule has 1 N–H and O–H groups in total. The van der Waals surface area contributed by atoms with Crippen molar-refractivity contribution >= 4 is 5.78 Å². The van der Waals surface area contributed by atoms with E-state index < -0.39 is 5.60 Å². The monoisotopic (exact) mass is 184 g/mol. The van der Waals surface area contributed by atoms with Crippen molar-refractivity contribution in [3.8, 4) is 0 Å². The lowest BCUT2D eigenvalue weighted by atomic mass is 9.73. The summed E-state index contributed by atoms with van der Waals surface area (Å²) in [7, 11) is 0. The average molecular weight is 184 g/mol. The first-order valence-electron chi connectivity index (χ1n) is 5.19. The minimum atomic E-state index is -0.995. The third kappa shape index (κ3) is 2.31. The van der Waals surface area contributed by atoms with E-state index in [2.05, 4.69) is 13.8 Å². The van der Waals surface area contributed by atoms with E-state index in [4.69, 9.17) is 0 Å². The second kappa shape index (κ2) is 3.79. The number of hydrogen-bond donors (Lipinski definition) is 1. The van der Waals surface area contributed by atoms with Crippen LogP contribution in [0.2, 0.25) is 0 Å². The molecule has 0 amide bonds. The van der Waals surface area contributed by atoms with E-state index in [-0.39, 0.29) is 5.78 Å². The van der Waals surface area contributed by atoms with Gasteiger partial charge in [0.25, 0.3) is 0 Å². The summed E-state index contributed by atoms with van der Waals surface area (Å²) >= 11 is 0. The van der Waals surface area contributed by atoms with E-state index in [1.54, 1.807) is 0 Å². The third-order valence-electron chi connectivity index (χ3n) is 3.46. The highest BCUT2D eigenvalue weighted by atomic mass is 16.3. The van der Waals surface area contributed by atoms with Crippen LogP contribution in [0.4, 0.5) is 0 Å². The van der Waals surface area contributed by atoms with Gasteiger partial charge in [0.15, 0.2) is 5.78 Å². The lowest BCUT2D eigenvalue weighted by Crippen LogP contribution is -2.41. The Morgan fingerprint density at radius 2 is 1.85 bits per heavy atom. The normalized spacial score (nSPS) is 35.0. The van der Waals surface area contributed by atoms with Gasteiger partial charge >= 0.3 is 0 Å². The molecule has 13 heavy (non-hydrogen) atoms. The molecule has 1 fully saturated rings. The van der Waals surface area contributed by atoms with Crippen LogP contribution in [0.1, 0.15) is 46.5 Å². The molecule has 1 aliphatic carbocycles. The van der Waals surface area contributed by atoms with Crippen LogP contribution in [0.25, 0.3) is 0 Å². The van der Waals surface area contributed by atoms with E-state index in [1.807, 2.05) is 0 Å². The zero-order valence-corrected chi connectivity index (χ0v) is 8.84. The zero-order chi connectivity index (χ0) is 10.1. The maximum Gasteiger partial charge on any atom is 0.161 e. The Hall–Kier alpha value is -0.370. The van der Waals surface area contributed by atoms with Crippen molar-refractivity contribution in [2.45, 2.75) is 52.1 Å². The summed E-state index contributed by atoms with van der Waals surface area (Å²) in [5.74, 6) is 1.31. The molecule has 0 aromatic heterocycles. The van der Waals surface area contributed by atoms with E-state index in [1.165, 1.54) is 6.92 Å². The number of carbonyl (C=O) groups excluding carboxylic acids is 1. The molecule has 0 atom stereocenters. The molecule has 0 heterocycles. The summed E-state index contributed by atoms with van der Waals surface area (Å²) < 4.78 is 0. The molecule has 76 valence electrons. The Bertz CT molecular complexity index is 188. The van der Waals surface area contributed by atoms with E-state index >= 15 is 0 Å². The van der Waals surface area contributed by atoms with Gasteiger partial charge in [-0.05, 0) is 44.4 Å². The molecular weight excluding hydrogens is 164 g/mol. The summed E-state index contributed by atoms with van der Waals surface area (Å²) in [5.41, 5.74) is -0.995. The van der Waals surface area contributed by atoms with Crippen LogP contribution in [0.15, 0.2) is 0 Å². The summed E-state index contributed by atoms with van der Waals surface area (Å²) in [5, 5.41) is 9.90. The van der Waals surface area contributed by atoms with Crippen molar-refractivity contribution < 1.29 is 9.90 Å². The van der Waals surface area contributed by atoms with Gasteiger partial charge in [0.05, 0.1) is 0 Å². The third-order valence-corrected chi connectivity index (χ3v) is 3.46. The summed E-state index contributed by atoms with van der Waals surface area (Å²) in [6.07, 6.45) is 3.30. The topological polar surface area (TPSA) is 37.3 Å². The van der Waals surface area contributed by atoms with Crippen LogP contribution in [0.5, 0.6) is 0 Å². The molecule has 0 aromatic rings. The van der Waals surface area contributed by atoms with Gasteiger partial charge < -0.3 is 5.11 Å². The first kappa shape index (κ1) is 10.7. The largest absolute Gasteiger partial charge is 0.382 e. The van der Waals surface area contributed by atoms with E-state index in [0.29, 0.717) is 24.7 Å². The molecule has 0 aliphatic heterocycles. The minimum Gasteiger partial charge on any atom is -0.382 e. The first-order valence-corrected chi connectivity index (χ1v) is 5.19. The van der Waals surface area contributed by atoms with E-state index in [0.717, 1.165) is 12.8 Å². The van der Waals surface area contributed by atoms with Crippen LogP contribution >= 0.6 is 0 Å². The quantitative estimate of drug-likeness (QED) is 0.714. The molecule has 1 saturated carbocycles. The average Bonchev–Trinajstić information content (AvgIpc) is 2.04. The van der Waals surface area contributed by atoms with Crippen LogP contribution in [0, 0.1) is 11.8 Å². The fraction of sp³-hybridized carbons (Fsp3) is 0.909. The van der Waals surface area contributed by atoms with Crippen LogP contribution < -0.4 is 0 Å². The fourth-order valence-electron chi connectivity index (χ4n) is 2.14. The van der Waals surface area contributed by atoms with Gasteiger partial charge in [-0.3, -0.25) is 4.79 Å². The summed E-state index contributed by atoms with van der Waals surface area (Å²) in [4.78, 5) is 11.1. The molecule has 0 bridgehead atoms. The molecular formula is C11H20O2. The molecule has 0 saturated heterocycles. The molecule has 2 heteroatoms. The molecule has 0 aromatic carbocycles. The first-order chi connectivity index (χ1) is 5.96. The van der Waals surface area contributed by atoms with Gasteiger partial charge in [-0.15, -0.1) is 0 Å². The SMILES string of the molecule is CC(=O)C1(O)CCC(C(C)C)CC1. The Balaban J connectivity index is 2.51. The van der Waals surface area contributed by atoms with Gasteiger partial charge in [0.2, 0.25) is 0 Å². The summed E-state index contributed by atoms with van der Waals surface area (Å²) in [6, 6.07) is 0. The number of rotatable bonds is 2. The number of aliphatic hydroxyl groups is 1. The molecule has 0 radical (unpaired) electrons. The predicted molar refractivity (Wildman–Crippen MR) is 52.4 cm³/mol. The fourth-order valence-corrected chi connectivity index (χ4v) is 2.14. The van der Waals surface area contributed by atoms with Crippen molar-refractivity contribution in [3.63, 3.8) is 0 Å². The second-order valence-corrected chi connectivity index (χ2v) is 4.67. The van der Waals surface area contributed by atoms with Crippen molar-refractivity contribution in [2.75, 3.05) is 0 Å². The number of hydrogen-bond acceptors (Lipinski definition) is 2. The van der Waals surface area contributed by atoms with Crippen LogP contribution in [0.3, 0.4) is 0 Å². The van der Waals surface area contributed by atoms with Gasteiger partial charge in [-0.2, -0.15) is 0 Å². The standard InChI is InChI=1S/C11H20O2/c1-8(2)10-4-6-11(13,7-5-10)9(3)12/h8,10,13H,4-7H2,1-3H3. The van der Waals surface area contributed by atoms with Gasteiger partial charge in [0.1, 0.15) is 5.60 Å². The highest BCUT2D eigenvalue weighted by Crippen LogP contribution is 2.36. The maximum absolute atomic E-state index is 11.1. The Kier molecular flexibility index (Phi) is 3.12. The number of ketones is 1. The Morgan fingerprint density at radius 1 is 1.38 bits per heavy atom. The van der Waals surface area contributed by atoms with Gasteiger partial charge in [-0.25, -0.2) is 0 Å². The predicted octanol–water partition coefficient (Wildman–Crippen LogP) is 2.15. The maximum atomic E-state index is 11.1. The number of Topliss-reactive ketones (excluding diaryl/α,β-unsaturated/α-hetero) is 1. The Labute approximate surface area is 80.3 Å². The molecule has 0 spiro atoms. The highest BCUT2D eigenvalue weighted by Gasteiger charge is 2.37. The van der Waals surface area contributed by atoms with Crippen LogP contribution in [-0.4, -0.2) is 16.5 Å². The molecule has 1 aliphatic rings. The smallest absolute Gasteiger partial charge is 0.161 e. The van der Waals surface area contributed by atoms with Gasteiger partial charge in [-0.1, -0.05) is 13.8 Å². The molecule has 0 unspecified atom stereocenters. The van der Waals surface area contributed by atoms with Crippen LogP contribution in [-0.2, 0) is 4.79 Å². The van der Waals surface area contributed by atoms with Crippen molar-refractivity contribution in [2.24, 2.45) is 11.8 Å². The van der Waals surface area contributed by atoms with Crippen molar-refractivity contribution in [1.82, 2.24) is 0 Å². The number of carbonyl (C=O) groups is 1. The minimum absolute atomic E-state index is 0.0605. The second-order valence-electron chi connectivity index (χ2n) is 4.67. The van der Waals surface area contributed by atoms with E-state index in [9.17, 15) is 9.90 Å². The van der Waals surface area contributed by atoms with Crippen molar-refractivity contribution in [3.05, 3.63) is 0 Å². The molecule has 1 rings (SSSR count).